The molecule has 2 nitrogen and oxygen atoms in total. The lowest BCUT2D eigenvalue weighted by Gasteiger charge is -2.31. The van der Waals surface area contributed by atoms with E-state index in [4.69, 9.17) is 0 Å². The zero-order valence-electron chi connectivity index (χ0n) is 38.6. The summed E-state index contributed by atoms with van der Waals surface area (Å²) < 4.78 is 4.86. The van der Waals surface area contributed by atoms with Gasteiger partial charge >= 0.3 is 0 Å². The maximum absolute atomic E-state index is 2.52. The number of hydrogen-bond donors (Lipinski definition) is 0. The van der Waals surface area contributed by atoms with Gasteiger partial charge in [0.05, 0.1) is 27.5 Å². The van der Waals surface area contributed by atoms with Crippen molar-refractivity contribution in [2.75, 3.05) is 0 Å². The van der Waals surface area contributed by atoms with E-state index in [9.17, 15) is 0 Å². The highest BCUT2D eigenvalue weighted by Crippen LogP contribution is 2.63. The van der Waals surface area contributed by atoms with Crippen LogP contribution in [0.3, 0.4) is 0 Å². The van der Waals surface area contributed by atoms with Gasteiger partial charge in [-0.15, -0.1) is 0 Å². The van der Waals surface area contributed by atoms with Crippen molar-refractivity contribution in [3.8, 4) is 55.9 Å². The summed E-state index contributed by atoms with van der Waals surface area (Å²) in [5.74, 6) is 0. The minimum atomic E-state index is -0.504. The van der Waals surface area contributed by atoms with Gasteiger partial charge in [-0.3, -0.25) is 0 Å². The van der Waals surface area contributed by atoms with Crippen LogP contribution in [0.4, 0.5) is 0 Å². The molecule has 14 aromatic rings. The molecule has 1 spiro atoms. The van der Waals surface area contributed by atoms with Crippen LogP contribution >= 0.6 is 0 Å². The monoisotopic (exact) mass is 898 g/mol. The molecule has 0 aliphatic heterocycles. The number of hydrogen-bond acceptors (Lipinski definition) is 0. The lowest BCUT2D eigenvalue weighted by atomic mass is 9.70. The Morgan fingerprint density at radius 2 is 0.592 bits per heavy atom. The lowest BCUT2D eigenvalue weighted by molar-refractivity contribution is 0.794. The third kappa shape index (κ3) is 5.31. The molecule has 0 amide bonds. The van der Waals surface area contributed by atoms with Crippen molar-refractivity contribution in [3.63, 3.8) is 0 Å². The minimum absolute atomic E-state index is 0.504. The molecule has 12 aromatic carbocycles. The molecule has 2 aliphatic carbocycles. The third-order valence-electron chi connectivity index (χ3n) is 16.1. The summed E-state index contributed by atoms with van der Waals surface area (Å²) in [5, 5.41) is 9.99. The van der Waals surface area contributed by atoms with Crippen LogP contribution in [-0.4, -0.2) is 9.13 Å². The van der Waals surface area contributed by atoms with Crippen molar-refractivity contribution in [3.05, 3.63) is 277 Å². The number of aromatic nitrogens is 2. The van der Waals surface area contributed by atoms with Crippen molar-refractivity contribution < 1.29 is 0 Å². The van der Waals surface area contributed by atoms with Gasteiger partial charge in [0.2, 0.25) is 0 Å². The fraction of sp³-hybridized carbons (Fsp3) is 0.0145. The molecule has 2 heteroatoms. The van der Waals surface area contributed by atoms with Crippen LogP contribution in [0.2, 0.25) is 0 Å². The average Bonchev–Trinajstić information content (AvgIpc) is 4.14. The molecule has 0 atom stereocenters. The van der Waals surface area contributed by atoms with E-state index in [2.05, 4.69) is 264 Å². The van der Waals surface area contributed by atoms with Crippen molar-refractivity contribution >= 4 is 65.2 Å². The summed E-state index contributed by atoms with van der Waals surface area (Å²) >= 11 is 0. The molecule has 2 aromatic heterocycles. The Morgan fingerprint density at radius 3 is 1.08 bits per heavy atom. The Morgan fingerprint density at radius 1 is 0.225 bits per heavy atom. The number of benzene rings is 12. The van der Waals surface area contributed by atoms with Crippen LogP contribution in [0.15, 0.2) is 255 Å². The molecule has 328 valence electrons. The van der Waals surface area contributed by atoms with Crippen molar-refractivity contribution in [2.24, 2.45) is 0 Å². The second-order valence-corrected chi connectivity index (χ2v) is 19.6. The van der Waals surface area contributed by atoms with Gasteiger partial charge in [-0.05, 0) is 161 Å². The van der Waals surface area contributed by atoms with Gasteiger partial charge in [-0.1, -0.05) is 182 Å². The van der Waals surface area contributed by atoms with E-state index in [0.29, 0.717) is 0 Å². The van der Waals surface area contributed by atoms with Crippen molar-refractivity contribution in [1.29, 1.82) is 0 Å². The third-order valence-corrected chi connectivity index (χ3v) is 16.1. The smallest absolute Gasteiger partial charge is 0.0725 e. The van der Waals surface area contributed by atoms with E-state index in [-0.39, 0.29) is 0 Å². The van der Waals surface area contributed by atoms with E-state index in [1.54, 1.807) is 0 Å². The van der Waals surface area contributed by atoms with E-state index in [1.165, 1.54) is 143 Å². The zero-order valence-corrected chi connectivity index (χ0v) is 38.6. The predicted molar refractivity (Wildman–Crippen MR) is 297 cm³/mol. The van der Waals surface area contributed by atoms with Crippen LogP contribution in [0.25, 0.3) is 121 Å². The number of fused-ring (bicyclic) bond motifs is 18. The summed E-state index contributed by atoms with van der Waals surface area (Å²) in [6.45, 7) is 0. The van der Waals surface area contributed by atoms with Gasteiger partial charge in [0.1, 0.15) is 0 Å². The van der Waals surface area contributed by atoms with Gasteiger partial charge in [0.25, 0.3) is 0 Å². The van der Waals surface area contributed by atoms with Crippen LogP contribution in [0.1, 0.15) is 22.3 Å². The van der Waals surface area contributed by atoms with Crippen molar-refractivity contribution in [2.45, 2.75) is 5.41 Å². The highest BCUT2D eigenvalue weighted by Gasteiger charge is 2.51. The van der Waals surface area contributed by atoms with Gasteiger partial charge in [0, 0.05) is 32.9 Å². The molecule has 2 heterocycles. The molecule has 71 heavy (non-hydrogen) atoms. The number of para-hydroxylation sites is 2. The molecule has 2 aliphatic rings. The molecule has 16 rings (SSSR count). The largest absolute Gasteiger partial charge is 0.309 e. The molecule has 0 unspecified atom stereocenters. The summed E-state index contributed by atoms with van der Waals surface area (Å²) in [5.41, 5.74) is 22.1. The fourth-order valence-corrected chi connectivity index (χ4v) is 13.0. The Hall–Kier alpha value is -9.24. The zero-order chi connectivity index (χ0) is 46.4. The van der Waals surface area contributed by atoms with Crippen LogP contribution in [-0.2, 0) is 5.41 Å². The van der Waals surface area contributed by atoms with Crippen LogP contribution < -0.4 is 0 Å². The predicted octanol–water partition coefficient (Wildman–Crippen LogP) is 17.9. The van der Waals surface area contributed by atoms with E-state index >= 15 is 0 Å². The Kier molecular flexibility index (Phi) is 7.85. The second-order valence-electron chi connectivity index (χ2n) is 19.6. The summed E-state index contributed by atoms with van der Waals surface area (Å²) in [6, 6.07) is 95.6. The van der Waals surface area contributed by atoms with E-state index in [0.717, 1.165) is 0 Å². The molecular weight excluding hydrogens is 857 g/mol. The topological polar surface area (TPSA) is 9.86 Å². The van der Waals surface area contributed by atoms with Gasteiger partial charge in [-0.25, -0.2) is 0 Å². The molecule has 0 radical (unpaired) electrons. The maximum atomic E-state index is 2.52. The standard InChI is InChI=1S/C69H42N2/c1-3-15-45-37-51(31-25-43(45)13-1)70-65-23-11-7-19-57(65)59-39-47(29-35-67(59)70)49-27-33-55-56-34-28-50(42-64(56)69(63(55)41-49)61-21-9-5-17-53(61)54-18-6-10-22-62(54)69)48-30-36-68-60(40-48)58-20-8-12-24-66(58)71(68)52-32-26-44-14-2-4-16-46(44)38-52/h1-42H. The van der Waals surface area contributed by atoms with E-state index < -0.39 is 5.41 Å². The SMILES string of the molecule is c1ccc2c(c1)-c1ccccc1C21c2cc(-c3ccc4c(c3)c3ccccc3n4-c3ccc4ccccc4c3)ccc2-c2ccc(-c3ccc4c(c3)c3ccccc3n4-c3ccc4ccccc4c3)cc21. The fourth-order valence-electron chi connectivity index (χ4n) is 13.0. The molecule has 0 N–H and O–H groups in total. The number of rotatable bonds is 4. The van der Waals surface area contributed by atoms with E-state index in [1.807, 2.05) is 0 Å². The first-order valence-corrected chi connectivity index (χ1v) is 24.7. The van der Waals surface area contributed by atoms with Gasteiger partial charge in [0.15, 0.2) is 0 Å². The molecular formula is C69H42N2. The highest BCUT2D eigenvalue weighted by atomic mass is 15.0. The Labute approximate surface area is 410 Å². The Bertz CT molecular complexity index is 4300. The first kappa shape index (κ1) is 38.7. The quantitative estimate of drug-likeness (QED) is 0.167. The second kappa shape index (κ2) is 14.4. The van der Waals surface area contributed by atoms with Gasteiger partial charge in [-0.2, -0.15) is 0 Å². The first-order chi connectivity index (χ1) is 35.2. The minimum Gasteiger partial charge on any atom is -0.309 e. The van der Waals surface area contributed by atoms with Crippen LogP contribution in [0.5, 0.6) is 0 Å². The molecule has 0 saturated carbocycles. The highest BCUT2D eigenvalue weighted by molar-refractivity contribution is 6.12. The normalized spacial score (nSPS) is 13.2. The van der Waals surface area contributed by atoms with Crippen molar-refractivity contribution in [1.82, 2.24) is 9.13 Å². The summed E-state index contributed by atoms with van der Waals surface area (Å²) in [7, 11) is 0. The van der Waals surface area contributed by atoms with Crippen LogP contribution in [0, 0.1) is 0 Å². The maximum Gasteiger partial charge on any atom is 0.0725 e. The Balaban J connectivity index is 0.877. The first-order valence-electron chi connectivity index (χ1n) is 24.7. The van der Waals surface area contributed by atoms with Gasteiger partial charge < -0.3 is 9.13 Å². The summed E-state index contributed by atoms with van der Waals surface area (Å²) in [4.78, 5) is 0. The molecule has 0 saturated heterocycles. The molecule has 0 fully saturated rings. The molecule has 0 bridgehead atoms. The average molecular weight is 899 g/mol. The number of nitrogens with zero attached hydrogens (tertiary/aromatic N) is 2. The lowest BCUT2D eigenvalue weighted by Crippen LogP contribution is -2.26. The summed E-state index contributed by atoms with van der Waals surface area (Å²) in [6.07, 6.45) is 0.